The Kier molecular flexibility index (Phi) is 4.72. The van der Waals surface area contributed by atoms with Crippen LogP contribution in [-0.4, -0.2) is 17.6 Å². The van der Waals surface area contributed by atoms with Crippen molar-refractivity contribution in [2.45, 2.75) is 6.92 Å². The number of carbonyl (C=O) groups is 1. The van der Waals surface area contributed by atoms with Crippen molar-refractivity contribution in [2.75, 3.05) is 7.11 Å². The van der Waals surface area contributed by atoms with E-state index in [1.807, 2.05) is 55.5 Å². The third-order valence-corrected chi connectivity index (χ3v) is 4.46. The van der Waals surface area contributed by atoms with E-state index in [9.17, 15) is 4.79 Å². The first-order valence-electron chi connectivity index (χ1n) is 8.85. The van der Waals surface area contributed by atoms with Crippen LogP contribution in [0, 0.1) is 6.92 Å². The Morgan fingerprint density at radius 2 is 1.71 bits per heavy atom. The summed E-state index contributed by atoms with van der Waals surface area (Å²) >= 11 is 0. The van der Waals surface area contributed by atoms with Crippen LogP contribution in [0.5, 0.6) is 11.5 Å². The monoisotopic (exact) mass is 373 g/mol. The van der Waals surface area contributed by atoms with Crippen LogP contribution in [0.4, 0.5) is 0 Å². The molecule has 0 unspecified atom stereocenters. The van der Waals surface area contributed by atoms with E-state index in [0.717, 1.165) is 22.8 Å². The van der Waals surface area contributed by atoms with Gasteiger partial charge in [0.1, 0.15) is 17.1 Å². The number of aromatic nitrogens is 1. The number of ether oxygens (including phenoxy) is 2. The predicted molar refractivity (Wildman–Crippen MR) is 106 cm³/mol. The van der Waals surface area contributed by atoms with Gasteiger partial charge < -0.3 is 18.5 Å². The van der Waals surface area contributed by atoms with Gasteiger partial charge in [0.25, 0.3) is 0 Å². The minimum Gasteiger partial charge on any atom is -0.465 e. The lowest BCUT2D eigenvalue weighted by Gasteiger charge is -2.13. The fourth-order valence-electron chi connectivity index (χ4n) is 3.12. The summed E-state index contributed by atoms with van der Waals surface area (Å²) in [5, 5.41) is 0. The van der Waals surface area contributed by atoms with Gasteiger partial charge in [0.15, 0.2) is 5.76 Å². The number of methoxy groups -OCH3 is 1. The molecule has 0 saturated carbocycles. The van der Waals surface area contributed by atoms with Gasteiger partial charge >= 0.3 is 5.97 Å². The number of hydrogen-bond donors (Lipinski definition) is 0. The van der Waals surface area contributed by atoms with Crippen LogP contribution in [0.3, 0.4) is 0 Å². The molecule has 2 aromatic heterocycles. The van der Waals surface area contributed by atoms with E-state index in [0.29, 0.717) is 17.1 Å². The molecular formula is C23H19NO4. The molecule has 0 atom stereocenters. The largest absolute Gasteiger partial charge is 0.465 e. The molecule has 0 saturated heterocycles. The zero-order valence-corrected chi connectivity index (χ0v) is 15.6. The van der Waals surface area contributed by atoms with Crippen molar-refractivity contribution in [1.82, 2.24) is 4.57 Å². The summed E-state index contributed by atoms with van der Waals surface area (Å²) in [6.07, 6.45) is 1.66. The van der Waals surface area contributed by atoms with Crippen LogP contribution in [0.2, 0.25) is 0 Å². The summed E-state index contributed by atoms with van der Waals surface area (Å²) in [6, 6.07) is 22.6. The van der Waals surface area contributed by atoms with Gasteiger partial charge in [0.05, 0.1) is 19.1 Å². The molecule has 5 heteroatoms. The fraction of sp³-hybridized carbons (Fsp3) is 0.0870. The van der Waals surface area contributed by atoms with E-state index < -0.39 is 5.97 Å². The maximum Gasteiger partial charge on any atom is 0.341 e. The van der Waals surface area contributed by atoms with Gasteiger partial charge in [-0.15, -0.1) is 0 Å². The zero-order chi connectivity index (χ0) is 19.5. The highest BCUT2D eigenvalue weighted by atomic mass is 16.5. The van der Waals surface area contributed by atoms with Crippen LogP contribution in [-0.2, 0) is 4.74 Å². The second-order valence-corrected chi connectivity index (χ2v) is 6.26. The first-order valence-corrected chi connectivity index (χ1v) is 8.85. The lowest BCUT2D eigenvalue weighted by atomic mass is 10.2. The lowest BCUT2D eigenvalue weighted by Crippen LogP contribution is -2.03. The van der Waals surface area contributed by atoms with E-state index in [4.69, 9.17) is 13.9 Å². The molecule has 0 spiro atoms. The molecule has 0 radical (unpaired) electrons. The number of aryl methyl sites for hydroxylation is 1. The number of esters is 1. The minimum atomic E-state index is -0.432. The fourth-order valence-corrected chi connectivity index (χ4v) is 3.12. The summed E-state index contributed by atoms with van der Waals surface area (Å²) < 4.78 is 18.4. The number of furan rings is 1. The normalized spacial score (nSPS) is 10.6. The Bertz CT molecular complexity index is 1090. The van der Waals surface area contributed by atoms with Crippen LogP contribution in [0.25, 0.3) is 17.1 Å². The summed E-state index contributed by atoms with van der Waals surface area (Å²) in [5.41, 5.74) is 3.45. The molecule has 0 aliphatic carbocycles. The van der Waals surface area contributed by atoms with Crippen molar-refractivity contribution in [2.24, 2.45) is 0 Å². The average molecular weight is 373 g/mol. The molecule has 0 N–H and O–H groups in total. The van der Waals surface area contributed by atoms with Crippen LogP contribution in [0.1, 0.15) is 16.1 Å². The third-order valence-electron chi connectivity index (χ3n) is 4.46. The Hall–Kier alpha value is -3.73. The average Bonchev–Trinajstić information content (AvgIpc) is 3.38. The topological polar surface area (TPSA) is 53.6 Å². The van der Waals surface area contributed by atoms with Gasteiger partial charge in [-0.3, -0.25) is 0 Å². The number of rotatable bonds is 5. The Morgan fingerprint density at radius 1 is 0.929 bits per heavy atom. The number of benzene rings is 2. The Labute approximate surface area is 162 Å². The zero-order valence-electron chi connectivity index (χ0n) is 15.6. The van der Waals surface area contributed by atoms with Gasteiger partial charge in [-0.1, -0.05) is 12.1 Å². The molecule has 0 amide bonds. The van der Waals surface area contributed by atoms with Crippen molar-refractivity contribution in [3.63, 3.8) is 0 Å². The first-order chi connectivity index (χ1) is 13.7. The van der Waals surface area contributed by atoms with E-state index >= 15 is 0 Å². The molecule has 28 heavy (non-hydrogen) atoms. The second-order valence-electron chi connectivity index (χ2n) is 6.26. The van der Waals surface area contributed by atoms with Crippen molar-refractivity contribution in [3.05, 3.63) is 90.3 Å². The highest BCUT2D eigenvalue weighted by molar-refractivity contribution is 5.92. The minimum absolute atomic E-state index is 0.385. The van der Waals surface area contributed by atoms with E-state index in [2.05, 4.69) is 10.6 Å². The van der Waals surface area contributed by atoms with Crippen LogP contribution >= 0.6 is 0 Å². The molecule has 0 aliphatic rings. The number of carbonyl (C=O) groups excluding carboxylic acids is 1. The van der Waals surface area contributed by atoms with Gasteiger partial charge in [0.2, 0.25) is 0 Å². The Morgan fingerprint density at radius 3 is 2.43 bits per heavy atom. The molecule has 0 bridgehead atoms. The van der Waals surface area contributed by atoms with Crippen LogP contribution < -0.4 is 4.74 Å². The third kappa shape index (κ3) is 3.30. The van der Waals surface area contributed by atoms with Gasteiger partial charge in [-0.05, 0) is 67.6 Å². The molecule has 5 nitrogen and oxygen atoms in total. The van der Waals surface area contributed by atoms with Crippen molar-refractivity contribution in [1.29, 1.82) is 0 Å². The standard InChI is InChI=1S/C23H19NO4/c1-16-9-14-20(22-8-5-15-27-22)24(16)17-10-12-18(13-11-17)28-21-7-4-3-6-19(21)23(25)26-2/h3-15H,1-2H3. The van der Waals surface area contributed by atoms with Gasteiger partial charge in [0, 0.05) is 11.4 Å². The lowest BCUT2D eigenvalue weighted by molar-refractivity contribution is 0.0598. The number of para-hydroxylation sites is 1. The van der Waals surface area contributed by atoms with E-state index in [1.165, 1.54) is 7.11 Å². The highest BCUT2D eigenvalue weighted by Gasteiger charge is 2.14. The Balaban J connectivity index is 1.63. The molecule has 140 valence electrons. The maximum absolute atomic E-state index is 11.9. The molecule has 0 aliphatic heterocycles. The molecule has 4 rings (SSSR count). The molecule has 2 heterocycles. The molecule has 4 aromatic rings. The van der Waals surface area contributed by atoms with Gasteiger partial charge in [-0.2, -0.15) is 0 Å². The summed E-state index contributed by atoms with van der Waals surface area (Å²) in [5.74, 6) is 1.46. The van der Waals surface area contributed by atoms with Crippen molar-refractivity contribution >= 4 is 5.97 Å². The summed E-state index contributed by atoms with van der Waals surface area (Å²) in [4.78, 5) is 11.9. The van der Waals surface area contributed by atoms with E-state index in [-0.39, 0.29) is 0 Å². The maximum atomic E-state index is 11.9. The summed E-state index contributed by atoms with van der Waals surface area (Å²) in [7, 11) is 1.35. The highest BCUT2D eigenvalue weighted by Crippen LogP contribution is 2.30. The SMILES string of the molecule is COC(=O)c1ccccc1Oc1ccc(-n2c(C)ccc2-c2ccco2)cc1. The predicted octanol–water partition coefficient (Wildman–Crippen LogP) is 5.62. The quantitative estimate of drug-likeness (QED) is 0.426. The molecule has 2 aromatic carbocycles. The first kappa shape index (κ1) is 17.7. The smallest absolute Gasteiger partial charge is 0.341 e. The van der Waals surface area contributed by atoms with Crippen molar-refractivity contribution in [3.8, 4) is 28.6 Å². The molecule has 0 fully saturated rings. The van der Waals surface area contributed by atoms with Gasteiger partial charge in [-0.25, -0.2) is 4.79 Å². The number of nitrogens with zero attached hydrogens (tertiary/aromatic N) is 1. The molecular weight excluding hydrogens is 354 g/mol. The summed E-state index contributed by atoms with van der Waals surface area (Å²) in [6.45, 7) is 2.05. The van der Waals surface area contributed by atoms with Crippen molar-refractivity contribution < 1.29 is 18.7 Å². The van der Waals surface area contributed by atoms with Crippen LogP contribution in [0.15, 0.2) is 83.5 Å². The van der Waals surface area contributed by atoms with E-state index in [1.54, 1.807) is 24.5 Å². The number of hydrogen-bond acceptors (Lipinski definition) is 4. The second kappa shape index (κ2) is 7.48.